The van der Waals surface area contributed by atoms with Crippen molar-refractivity contribution in [2.45, 2.75) is 11.8 Å². The van der Waals surface area contributed by atoms with Gasteiger partial charge in [0.15, 0.2) is 0 Å². The first-order chi connectivity index (χ1) is 12.7. The van der Waals surface area contributed by atoms with Crippen LogP contribution in [0, 0.1) is 0 Å². The average Bonchev–Trinajstić information content (AvgIpc) is 3.08. The predicted molar refractivity (Wildman–Crippen MR) is 93.6 cm³/mol. The maximum Gasteiger partial charge on any atom is 0.423 e. The molecule has 2 aromatic carbocycles. The molecular weight excluding hydrogens is 361 g/mol. The summed E-state index contributed by atoms with van der Waals surface area (Å²) in [6.07, 6.45) is -4.96. The van der Waals surface area contributed by atoms with E-state index in [2.05, 4.69) is 10.3 Å². The van der Waals surface area contributed by atoms with Gasteiger partial charge in [-0.25, -0.2) is 0 Å². The van der Waals surface area contributed by atoms with Gasteiger partial charge < -0.3 is 20.1 Å². The highest BCUT2D eigenvalue weighted by atomic mass is 19.4. The van der Waals surface area contributed by atoms with Crippen molar-refractivity contribution >= 4 is 16.8 Å². The number of hydrogen-bond donors (Lipinski definition) is 3. The van der Waals surface area contributed by atoms with Crippen molar-refractivity contribution in [3.05, 3.63) is 65.9 Å². The van der Waals surface area contributed by atoms with E-state index in [1.807, 2.05) is 0 Å². The van der Waals surface area contributed by atoms with E-state index in [1.54, 1.807) is 18.2 Å². The molecule has 0 spiro atoms. The number of carbonyl (C=O) groups excluding carboxylic acids is 1. The predicted octanol–water partition coefficient (Wildman–Crippen LogP) is 3.36. The van der Waals surface area contributed by atoms with E-state index in [9.17, 15) is 23.1 Å². The van der Waals surface area contributed by atoms with Crippen molar-refractivity contribution < 1.29 is 27.8 Å². The fraction of sp³-hybridized carbons (Fsp3) is 0.211. The molecule has 1 heterocycles. The van der Waals surface area contributed by atoms with Crippen molar-refractivity contribution in [3.8, 4) is 5.75 Å². The monoisotopic (exact) mass is 378 g/mol. The van der Waals surface area contributed by atoms with E-state index in [4.69, 9.17) is 4.74 Å². The molecule has 5 nitrogen and oxygen atoms in total. The fourth-order valence-corrected chi connectivity index (χ4v) is 2.74. The summed E-state index contributed by atoms with van der Waals surface area (Å²) in [4.78, 5) is 15.2. The van der Waals surface area contributed by atoms with Crippen molar-refractivity contribution in [2.24, 2.45) is 0 Å². The summed E-state index contributed by atoms with van der Waals surface area (Å²) in [5, 5.41) is 13.1. The molecule has 0 fully saturated rings. The summed E-state index contributed by atoms with van der Waals surface area (Å²) >= 11 is 0. The number of aromatic amines is 1. The zero-order chi connectivity index (χ0) is 19.7. The molecule has 0 aliphatic carbocycles. The highest BCUT2D eigenvalue weighted by Crippen LogP contribution is 2.38. The Morgan fingerprint density at radius 1 is 1.15 bits per heavy atom. The maximum atomic E-state index is 13.5. The topological polar surface area (TPSA) is 74.3 Å². The zero-order valence-electron chi connectivity index (χ0n) is 14.3. The van der Waals surface area contributed by atoms with Crippen molar-refractivity contribution in [2.75, 3.05) is 13.7 Å². The Balaban J connectivity index is 1.82. The number of alkyl halides is 3. The third kappa shape index (κ3) is 3.61. The van der Waals surface area contributed by atoms with Gasteiger partial charge in [-0.15, -0.1) is 0 Å². The largest absolute Gasteiger partial charge is 0.497 e. The van der Waals surface area contributed by atoms with Crippen LogP contribution in [-0.4, -0.2) is 35.8 Å². The number of halogens is 3. The van der Waals surface area contributed by atoms with Crippen LogP contribution >= 0.6 is 0 Å². The molecule has 0 aliphatic heterocycles. The molecule has 0 aliphatic rings. The number of aromatic nitrogens is 1. The highest BCUT2D eigenvalue weighted by molar-refractivity contribution is 5.98. The number of H-pyrrole nitrogens is 1. The van der Waals surface area contributed by atoms with Crippen molar-refractivity contribution in [1.29, 1.82) is 0 Å². The van der Waals surface area contributed by atoms with E-state index in [-0.39, 0.29) is 11.3 Å². The first kappa shape index (κ1) is 18.8. The van der Waals surface area contributed by atoms with Gasteiger partial charge in [-0.3, -0.25) is 4.79 Å². The lowest BCUT2D eigenvalue weighted by molar-refractivity contribution is -0.263. The molecule has 3 N–H and O–H groups in total. The molecule has 0 saturated carbocycles. The van der Waals surface area contributed by atoms with Gasteiger partial charge in [-0.2, -0.15) is 13.2 Å². The Labute approximate surface area is 152 Å². The van der Waals surface area contributed by atoms with E-state index >= 15 is 0 Å². The third-order valence-corrected chi connectivity index (χ3v) is 4.30. The van der Waals surface area contributed by atoms with Crippen LogP contribution in [0.5, 0.6) is 5.75 Å². The normalized spacial score (nSPS) is 14.0. The number of fused-ring (bicyclic) bond motifs is 1. The van der Waals surface area contributed by atoms with Gasteiger partial charge in [-0.1, -0.05) is 30.3 Å². The minimum Gasteiger partial charge on any atom is -0.497 e. The lowest BCUT2D eigenvalue weighted by atomic mass is 9.93. The van der Waals surface area contributed by atoms with Crippen molar-refractivity contribution in [3.63, 3.8) is 0 Å². The van der Waals surface area contributed by atoms with E-state index in [0.717, 1.165) is 12.1 Å². The SMILES string of the molecule is COc1ccc2cc(C(=O)NC[C@](O)(c3ccccc3)C(F)(F)F)[nH]c2c1. The smallest absolute Gasteiger partial charge is 0.423 e. The first-order valence-corrected chi connectivity index (χ1v) is 8.04. The standard InChI is InChI=1S/C19H17F3N2O3/c1-27-14-8-7-12-9-16(24-15(12)10-14)17(25)23-11-18(26,19(20,21)22)13-5-3-2-4-6-13/h2-10,24,26H,11H2,1H3,(H,23,25)/t18-/m0/s1. The van der Waals surface area contributed by atoms with Crippen LogP contribution in [-0.2, 0) is 5.60 Å². The van der Waals surface area contributed by atoms with Crippen LogP contribution in [0.15, 0.2) is 54.6 Å². The lowest BCUT2D eigenvalue weighted by Gasteiger charge is -2.31. The van der Waals surface area contributed by atoms with Gasteiger partial charge in [0.2, 0.25) is 5.60 Å². The van der Waals surface area contributed by atoms with Crippen LogP contribution in [0.1, 0.15) is 16.1 Å². The van der Waals surface area contributed by atoms with Crippen LogP contribution < -0.4 is 10.1 Å². The Bertz CT molecular complexity index is 954. The van der Waals surface area contributed by atoms with Crippen LogP contribution in [0.4, 0.5) is 13.2 Å². The number of rotatable bonds is 5. The van der Waals surface area contributed by atoms with Crippen molar-refractivity contribution in [1.82, 2.24) is 10.3 Å². The summed E-state index contributed by atoms with van der Waals surface area (Å²) in [6.45, 7) is -1.02. The van der Waals surface area contributed by atoms with Gasteiger partial charge in [0.25, 0.3) is 5.91 Å². The van der Waals surface area contributed by atoms with Gasteiger partial charge in [0.05, 0.1) is 13.7 Å². The number of aliphatic hydroxyl groups is 1. The van der Waals surface area contributed by atoms with Crippen LogP contribution in [0.2, 0.25) is 0 Å². The maximum absolute atomic E-state index is 13.5. The van der Waals surface area contributed by atoms with Gasteiger partial charge in [-0.05, 0) is 23.8 Å². The molecule has 8 heteroatoms. The summed E-state index contributed by atoms with van der Waals surface area (Å²) in [7, 11) is 1.50. The molecule has 1 atom stereocenters. The van der Waals surface area contributed by atoms with Gasteiger partial charge in [0.1, 0.15) is 11.4 Å². The molecular formula is C19H17F3N2O3. The zero-order valence-corrected chi connectivity index (χ0v) is 14.3. The van der Waals surface area contributed by atoms with Crippen LogP contribution in [0.25, 0.3) is 10.9 Å². The second-order valence-electron chi connectivity index (χ2n) is 6.04. The molecule has 3 aromatic rings. The number of carbonyl (C=O) groups is 1. The van der Waals surface area contributed by atoms with E-state index < -0.39 is 24.2 Å². The number of nitrogens with one attached hydrogen (secondary N) is 2. The minimum atomic E-state index is -4.96. The minimum absolute atomic E-state index is 0.0795. The van der Waals surface area contributed by atoms with E-state index in [1.165, 1.54) is 31.4 Å². The summed E-state index contributed by atoms with van der Waals surface area (Å²) in [6, 6.07) is 13.2. The number of ether oxygens (including phenoxy) is 1. The first-order valence-electron chi connectivity index (χ1n) is 8.04. The molecule has 1 amide bonds. The average molecular weight is 378 g/mol. The van der Waals surface area contributed by atoms with E-state index in [0.29, 0.717) is 16.7 Å². The quantitative estimate of drug-likeness (QED) is 0.637. The Morgan fingerprint density at radius 3 is 2.48 bits per heavy atom. The fourth-order valence-electron chi connectivity index (χ4n) is 2.74. The van der Waals surface area contributed by atoms with Gasteiger partial charge >= 0.3 is 6.18 Å². The highest BCUT2D eigenvalue weighted by Gasteiger charge is 2.55. The third-order valence-electron chi connectivity index (χ3n) is 4.30. The molecule has 0 saturated heterocycles. The number of amides is 1. The summed E-state index contributed by atoms with van der Waals surface area (Å²) in [5.41, 5.74) is -2.86. The molecule has 27 heavy (non-hydrogen) atoms. The molecule has 3 rings (SSSR count). The molecule has 0 bridgehead atoms. The lowest BCUT2D eigenvalue weighted by Crippen LogP contribution is -2.51. The molecule has 142 valence electrons. The number of benzene rings is 2. The second kappa shape index (κ2) is 6.96. The Hall–Kier alpha value is -3.00. The Kier molecular flexibility index (Phi) is 4.84. The molecule has 0 unspecified atom stereocenters. The number of methoxy groups -OCH3 is 1. The number of hydrogen-bond acceptors (Lipinski definition) is 3. The van der Waals surface area contributed by atoms with Gasteiger partial charge in [0, 0.05) is 17.0 Å². The molecule has 0 radical (unpaired) electrons. The Morgan fingerprint density at radius 2 is 1.85 bits per heavy atom. The van der Waals surface area contributed by atoms with Crippen LogP contribution in [0.3, 0.4) is 0 Å². The summed E-state index contributed by atoms with van der Waals surface area (Å²) in [5.74, 6) is -0.185. The molecule has 1 aromatic heterocycles. The summed E-state index contributed by atoms with van der Waals surface area (Å²) < 4.78 is 45.5. The second-order valence-corrected chi connectivity index (χ2v) is 6.04.